The van der Waals surface area contributed by atoms with Crippen molar-refractivity contribution in [2.75, 3.05) is 18.0 Å². The van der Waals surface area contributed by atoms with Crippen molar-refractivity contribution in [1.82, 2.24) is 0 Å². The average Bonchev–Trinajstić information content (AvgIpc) is 3.44. The number of anilines is 1. The number of rotatable bonds is 5. The molecule has 0 radical (unpaired) electrons. The fourth-order valence-electron chi connectivity index (χ4n) is 4.46. The Balaban J connectivity index is 1.66. The molecule has 0 bridgehead atoms. The fourth-order valence-corrected chi connectivity index (χ4v) is 4.79. The van der Waals surface area contributed by atoms with Crippen molar-refractivity contribution in [2.24, 2.45) is 5.73 Å². The molecule has 12 heteroatoms. The number of nitrogens with two attached hydrogens (primary N) is 1. The Bertz CT molecular complexity index is 1560. The van der Waals surface area contributed by atoms with Crippen molar-refractivity contribution in [3.05, 3.63) is 75.5 Å². The summed E-state index contributed by atoms with van der Waals surface area (Å²) in [6.45, 7) is 0.423. The summed E-state index contributed by atoms with van der Waals surface area (Å²) >= 11 is 0. The van der Waals surface area contributed by atoms with Gasteiger partial charge in [0.05, 0.1) is 22.2 Å². The first kappa shape index (κ1) is 22.7. The number of carbonyl (C=O) groups is 1. The number of benzene rings is 3. The van der Waals surface area contributed by atoms with Gasteiger partial charge in [0.1, 0.15) is 11.3 Å². The first-order valence-electron chi connectivity index (χ1n) is 10.4. The molecule has 0 fully saturated rings. The van der Waals surface area contributed by atoms with Crippen LogP contribution < -0.4 is 15.2 Å². The van der Waals surface area contributed by atoms with Crippen molar-refractivity contribution in [2.45, 2.75) is 5.92 Å². The summed E-state index contributed by atoms with van der Waals surface area (Å²) in [4.78, 5) is 44.5. The molecule has 1 atom stereocenters. The third-order valence-electron chi connectivity index (χ3n) is 5.98. The lowest BCUT2D eigenvalue weighted by Crippen LogP contribution is -2.30. The van der Waals surface area contributed by atoms with Gasteiger partial charge in [-0.3, -0.25) is 14.9 Å². The van der Waals surface area contributed by atoms with Gasteiger partial charge in [0.2, 0.25) is 0 Å². The number of hydrogen-bond donors (Lipinski definition) is 3. The lowest BCUT2D eigenvalue weighted by molar-refractivity contribution is -0.384. The number of carbonyl (C=O) groups excluding carboxylic acids is 1. The molecule has 4 aromatic rings. The van der Waals surface area contributed by atoms with E-state index >= 15 is 0 Å². The second kappa shape index (κ2) is 8.61. The minimum atomic E-state index is -2.75. The number of nitro groups is 1. The normalized spacial score (nSPS) is 14.9. The van der Waals surface area contributed by atoms with Gasteiger partial charge in [-0.15, -0.1) is 0 Å². The zero-order chi connectivity index (χ0) is 24.9. The zero-order valence-corrected chi connectivity index (χ0v) is 18.8. The molecule has 5 rings (SSSR count). The fraction of sp³-hybridized carbons (Fsp3) is 0.130. The highest BCUT2D eigenvalue weighted by molar-refractivity contribution is 7.39. The highest BCUT2D eigenvalue weighted by Crippen LogP contribution is 2.47. The van der Waals surface area contributed by atoms with Crippen LogP contribution in [-0.4, -0.2) is 33.7 Å². The third-order valence-corrected chi connectivity index (χ3v) is 6.34. The lowest BCUT2D eigenvalue weighted by atomic mass is 9.93. The molecule has 0 aliphatic carbocycles. The number of fused-ring (bicyclic) bond motifs is 4. The van der Waals surface area contributed by atoms with Crippen LogP contribution in [0.25, 0.3) is 21.7 Å². The summed E-state index contributed by atoms with van der Waals surface area (Å²) in [7, 11) is -2.75. The molecule has 1 aliphatic heterocycles. The molecule has 2 heterocycles. The van der Waals surface area contributed by atoms with Gasteiger partial charge in [-0.2, -0.15) is 5.26 Å². The Morgan fingerprint density at radius 2 is 2.06 bits per heavy atom. The van der Waals surface area contributed by atoms with Crippen molar-refractivity contribution >= 4 is 47.6 Å². The maximum absolute atomic E-state index is 13.5. The minimum absolute atomic E-state index is 0.0240. The summed E-state index contributed by atoms with van der Waals surface area (Å²) in [6.07, 6.45) is 0. The maximum atomic E-state index is 13.5. The van der Waals surface area contributed by atoms with Crippen LogP contribution >= 0.6 is 8.60 Å². The van der Waals surface area contributed by atoms with E-state index in [1.54, 1.807) is 18.2 Å². The predicted molar refractivity (Wildman–Crippen MR) is 127 cm³/mol. The molecule has 0 spiro atoms. The van der Waals surface area contributed by atoms with Gasteiger partial charge in [-0.25, -0.2) is 0 Å². The Hall–Kier alpha value is -4.07. The molecule has 11 nitrogen and oxygen atoms in total. The Morgan fingerprint density at radius 3 is 2.74 bits per heavy atom. The van der Waals surface area contributed by atoms with Crippen LogP contribution in [0, 0.1) is 21.4 Å². The van der Waals surface area contributed by atoms with Crippen LogP contribution in [-0.2, 0) is 0 Å². The number of hydrogen-bond acceptors (Lipinski definition) is 9. The first-order valence-corrected chi connectivity index (χ1v) is 11.5. The summed E-state index contributed by atoms with van der Waals surface area (Å²) in [5, 5.41) is 22.0. The number of furan rings is 1. The van der Waals surface area contributed by atoms with Gasteiger partial charge in [-0.1, -0.05) is 0 Å². The summed E-state index contributed by atoms with van der Waals surface area (Å²) in [5.74, 6) is -0.660. The molecule has 4 N–H and O–H groups in total. The van der Waals surface area contributed by atoms with Crippen LogP contribution in [0.4, 0.5) is 11.4 Å². The number of non-ortho nitro benzene ring substituents is 1. The topological polar surface area (TPSA) is 176 Å². The van der Waals surface area contributed by atoms with Gasteiger partial charge in [0.25, 0.3) is 11.6 Å². The third kappa shape index (κ3) is 3.84. The van der Waals surface area contributed by atoms with Gasteiger partial charge >= 0.3 is 8.60 Å². The summed E-state index contributed by atoms with van der Waals surface area (Å²) in [5.41, 5.74) is 7.78. The van der Waals surface area contributed by atoms with Crippen molar-refractivity contribution in [3.63, 3.8) is 0 Å². The quantitative estimate of drug-likeness (QED) is 0.213. The largest absolute Gasteiger partial charge is 0.451 e. The number of amides is 1. The van der Waals surface area contributed by atoms with E-state index in [9.17, 15) is 30.0 Å². The highest BCUT2D eigenvalue weighted by Gasteiger charge is 2.36. The van der Waals surface area contributed by atoms with E-state index in [1.807, 2.05) is 0 Å². The summed E-state index contributed by atoms with van der Waals surface area (Å²) < 4.78 is 10.9. The number of nitrogens with zero attached hydrogens (tertiary/aromatic N) is 3. The molecule has 35 heavy (non-hydrogen) atoms. The van der Waals surface area contributed by atoms with Crippen molar-refractivity contribution in [3.8, 4) is 11.8 Å². The molecular weight excluding hydrogens is 475 g/mol. The van der Waals surface area contributed by atoms with E-state index in [0.717, 1.165) is 5.56 Å². The monoisotopic (exact) mass is 492 g/mol. The smallest absolute Gasteiger partial charge is 0.391 e. The predicted octanol–water partition coefficient (Wildman–Crippen LogP) is 3.66. The van der Waals surface area contributed by atoms with E-state index in [0.29, 0.717) is 33.0 Å². The molecule has 3 aromatic carbocycles. The SMILES string of the molecule is N#Cc1ccc2c(OP(O)O)cc3c(c2c1)C(CN)CN3C(=O)c1cc2cc([N+](=O)[O-])ccc2o1. The zero-order valence-electron chi connectivity index (χ0n) is 17.9. The van der Waals surface area contributed by atoms with E-state index in [4.69, 9.17) is 14.7 Å². The second-order valence-corrected chi connectivity index (χ2v) is 8.65. The van der Waals surface area contributed by atoms with Gasteiger partial charge in [0, 0.05) is 48.0 Å². The van der Waals surface area contributed by atoms with Crippen LogP contribution in [0.5, 0.6) is 5.75 Å². The van der Waals surface area contributed by atoms with E-state index in [-0.39, 0.29) is 36.2 Å². The average molecular weight is 492 g/mol. The first-order chi connectivity index (χ1) is 16.8. The molecule has 0 saturated heterocycles. The van der Waals surface area contributed by atoms with Crippen LogP contribution in [0.3, 0.4) is 0 Å². The Kier molecular flexibility index (Phi) is 5.59. The molecule has 1 unspecified atom stereocenters. The van der Waals surface area contributed by atoms with Crippen LogP contribution in [0.1, 0.15) is 27.6 Å². The van der Waals surface area contributed by atoms with Crippen molar-refractivity contribution < 1.29 is 28.4 Å². The molecular formula is C23H17N4O7P. The van der Waals surface area contributed by atoms with Crippen LogP contribution in [0.2, 0.25) is 0 Å². The molecule has 1 amide bonds. The van der Waals surface area contributed by atoms with Crippen LogP contribution in [0.15, 0.2) is 52.9 Å². The Labute approximate surface area is 198 Å². The second-order valence-electron chi connectivity index (χ2n) is 7.96. The highest BCUT2D eigenvalue weighted by atomic mass is 31.2. The molecule has 0 saturated carbocycles. The lowest BCUT2D eigenvalue weighted by Gasteiger charge is -2.18. The van der Waals surface area contributed by atoms with Crippen molar-refractivity contribution in [1.29, 1.82) is 5.26 Å². The van der Waals surface area contributed by atoms with Gasteiger partial charge in [0.15, 0.2) is 5.76 Å². The van der Waals surface area contributed by atoms with Gasteiger partial charge in [-0.05, 0) is 41.3 Å². The summed E-state index contributed by atoms with van der Waals surface area (Å²) in [6, 6.07) is 14.0. The molecule has 1 aliphatic rings. The maximum Gasteiger partial charge on any atom is 0.391 e. The number of nitro benzene ring substituents is 1. The molecule has 1 aromatic heterocycles. The van der Waals surface area contributed by atoms with E-state index in [1.165, 1.54) is 35.2 Å². The van der Waals surface area contributed by atoms with E-state index < -0.39 is 19.4 Å². The Morgan fingerprint density at radius 1 is 1.26 bits per heavy atom. The van der Waals surface area contributed by atoms with E-state index in [2.05, 4.69) is 6.07 Å². The number of nitriles is 1. The minimum Gasteiger partial charge on any atom is -0.451 e. The molecule has 176 valence electrons. The standard InChI is InChI=1S/C23H17N4O7P/c24-9-12-1-3-16-17(5-12)22-14(10-25)11-26(18(22)8-20(16)34-35(31)32)23(28)21-7-13-6-15(27(29)30)2-4-19(13)33-21/h1-8,14,31-32H,10-11,25H2. The van der Waals surface area contributed by atoms with Gasteiger partial charge < -0.3 is 29.4 Å².